The number of carboxylic acid groups (broad SMARTS) is 1. The van der Waals surface area contributed by atoms with E-state index in [4.69, 9.17) is 4.98 Å². The Hall–Kier alpha value is -2.94. The maximum atomic E-state index is 12.9. The normalized spacial score (nSPS) is 16.0. The minimum atomic E-state index is -3.30. The highest BCUT2D eigenvalue weighted by Crippen LogP contribution is 2.41. The number of benzene rings is 1. The summed E-state index contributed by atoms with van der Waals surface area (Å²) in [7, 11) is -3.30. The zero-order chi connectivity index (χ0) is 25.4. The number of nitrogens with zero attached hydrogens (tertiary/aromatic N) is 2. The molecule has 0 aliphatic carbocycles. The third-order valence-corrected chi connectivity index (χ3v) is 7.73. The third kappa shape index (κ3) is 5.24. The molecule has 0 fully saturated rings. The van der Waals surface area contributed by atoms with E-state index < -0.39 is 15.9 Å². The summed E-state index contributed by atoms with van der Waals surface area (Å²) in [5.41, 5.74) is 3.10. The molecular weight excluding hydrogens is 454 g/mol. The number of fused-ring (bicyclic) bond motifs is 1. The van der Waals surface area contributed by atoms with Crippen molar-refractivity contribution in [2.45, 2.75) is 70.9 Å². The lowest BCUT2D eigenvalue weighted by atomic mass is 9.88. The number of sulfone groups is 1. The van der Waals surface area contributed by atoms with Crippen LogP contribution in [0.2, 0.25) is 0 Å². The summed E-state index contributed by atoms with van der Waals surface area (Å²) in [6, 6.07) is 7.83. The zero-order valence-electron chi connectivity index (χ0n) is 20.5. The maximum absolute atomic E-state index is 12.9. The lowest BCUT2D eigenvalue weighted by Crippen LogP contribution is -2.31. The Morgan fingerprint density at radius 3 is 2.32 bits per heavy atom. The number of carbonyl (C=O) groups excluding carboxylic acids is 1. The van der Waals surface area contributed by atoms with Gasteiger partial charge < -0.3 is 10.4 Å². The Balaban J connectivity index is 1.89. The van der Waals surface area contributed by atoms with Crippen molar-refractivity contribution in [3.8, 4) is 0 Å². The summed E-state index contributed by atoms with van der Waals surface area (Å²) >= 11 is 0. The predicted molar refractivity (Wildman–Crippen MR) is 131 cm³/mol. The fraction of sp³-hybridized carbons (Fsp3) is 0.480. The Kier molecular flexibility index (Phi) is 7.07. The molecule has 3 rings (SSSR count). The van der Waals surface area contributed by atoms with E-state index in [1.165, 1.54) is 17.0 Å². The molecule has 2 heterocycles. The van der Waals surface area contributed by atoms with Crippen LogP contribution in [0, 0.1) is 5.92 Å². The highest BCUT2D eigenvalue weighted by Gasteiger charge is 2.38. The van der Waals surface area contributed by atoms with Crippen LogP contribution >= 0.6 is 0 Å². The maximum Gasteiger partial charge on any atom is 0.408 e. The van der Waals surface area contributed by atoms with Gasteiger partial charge in [0.25, 0.3) is 0 Å². The van der Waals surface area contributed by atoms with Crippen LogP contribution in [0.25, 0.3) is 0 Å². The number of amides is 2. The summed E-state index contributed by atoms with van der Waals surface area (Å²) in [4.78, 5) is 31.2. The third-order valence-electron chi connectivity index (χ3n) is 5.98. The second kappa shape index (κ2) is 9.37. The van der Waals surface area contributed by atoms with Crippen molar-refractivity contribution in [3.63, 3.8) is 0 Å². The molecule has 1 atom stereocenters. The van der Waals surface area contributed by atoms with Crippen molar-refractivity contribution in [3.05, 3.63) is 52.8 Å². The standard InChI is InChI=1S/C25H33N3O5S/c1-7-34(32,33)18-10-8-16(9-11-18)12-20(29)26-19-13-17-14-28(24(30)31)22(15(2)3)21(17)27-23(19)25(4,5)6/h8-11,13,15,22H,7,12,14H2,1-6H3,(H,26,29)(H,30,31)/t22-/m0/s1. The van der Waals surface area contributed by atoms with Crippen LogP contribution in [-0.2, 0) is 33.0 Å². The van der Waals surface area contributed by atoms with Crippen molar-refractivity contribution in [1.29, 1.82) is 0 Å². The molecule has 0 bridgehead atoms. The van der Waals surface area contributed by atoms with Gasteiger partial charge in [-0.05, 0) is 35.2 Å². The predicted octanol–water partition coefficient (Wildman–Crippen LogP) is 4.54. The highest BCUT2D eigenvalue weighted by molar-refractivity contribution is 7.91. The van der Waals surface area contributed by atoms with Crippen molar-refractivity contribution >= 4 is 27.5 Å². The molecule has 34 heavy (non-hydrogen) atoms. The van der Waals surface area contributed by atoms with Crippen LogP contribution in [0.15, 0.2) is 35.2 Å². The van der Waals surface area contributed by atoms with Crippen molar-refractivity contribution in [2.24, 2.45) is 5.92 Å². The molecule has 1 aliphatic heterocycles. The van der Waals surface area contributed by atoms with Crippen LogP contribution in [0.4, 0.5) is 10.5 Å². The van der Waals surface area contributed by atoms with Gasteiger partial charge in [-0.25, -0.2) is 13.2 Å². The van der Waals surface area contributed by atoms with Crippen LogP contribution in [-0.4, -0.2) is 41.2 Å². The molecule has 9 heteroatoms. The summed E-state index contributed by atoms with van der Waals surface area (Å²) in [5.74, 6) is -0.186. The summed E-state index contributed by atoms with van der Waals surface area (Å²) in [5, 5.41) is 12.6. The van der Waals surface area contributed by atoms with Gasteiger partial charge in [0.2, 0.25) is 5.91 Å². The molecule has 1 aromatic heterocycles. The first-order valence-corrected chi connectivity index (χ1v) is 13.0. The van der Waals surface area contributed by atoms with Gasteiger partial charge in [0.15, 0.2) is 9.84 Å². The molecule has 1 aliphatic rings. The lowest BCUT2D eigenvalue weighted by Gasteiger charge is -2.27. The Bertz CT molecular complexity index is 1200. The van der Waals surface area contributed by atoms with Gasteiger partial charge in [0.1, 0.15) is 0 Å². The van der Waals surface area contributed by atoms with Gasteiger partial charge in [-0.1, -0.05) is 53.7 Å². The van der Waals surface area contributed by atoms with Gasteiger partial charge in [0.05, 0.1) is 46.7 Å². The van der Waals surface area contributed by atoms with E-state index in [0.29, 0.717) is 16.9 Å². The quantitative estimate of drug-likeness (QED) is 0.618. The van der Waals surface area contributed by atoms with Crippen molar-refractivity contribution in [1.82, 2.24) is 9.88 Å². The number of nitrogens with one attached hydrogen (secondary N) is 1. The molecule has 0 spiro atoms. The molecule has 184 valence electrons. The van der Waals surface area contributed by atoms with Gasteiger partial charge in [-0.3, -0.25) is 14.7 Å². The van der Waals surface area contributed by atoms with E-state index in [1.54, 1.807) is 19.1 Å². The van der Waals surface area contributed by atoms with Gasteiger partial charge >= 0.3 is 6.09 Å². The van der Waals surface area contributed by atoms with E-state index in [2.05, 4.69) is 5.32 Å². The van der Waals surface area contributed by atoms with E-state index in [1.807, 2.05) is 40.7 Å². The second-order valence-corrected chi connectivity index (χ2v) is 12.3. The first kappa shape index (κ1) is 25.7. The number of rotatable bonds is 6. The molecule has 2 N–H and O–H groups in total. The Morgan fingerprint density at radius 2 is 1.82 bits per heavy atom. The average molecular weight is 488 g/mol. The number of pyridine rings is 1. The van der Waals surface area contributed by atoms with Crippen molar-refractivity contribution in [2.75, 3.05) is 11.1 Å². The minimum Gasteiger partial charge on any atom is -0.465 e. The van der Waals surface area contributed by atoms with E-state index in [9.17, 15) is 23.1 Å². The Morgan fingerprint density at radius 1 is 1.21 bits per heavy atom. The number of aromatic nitrogens is 1. The zero-order valence-corrected chi connectivity index (χ0v) is 21.4. The molecule has 0 saturated heterocycles. The molecule has 8 nitrogen and oxygen atoms in total. The smallest absolute Gasteiger partial charge is 0.408 e. The van der Waals surface area contributed by atoms with E-state index in [0.717, 1.165) is 11.3 Å². The van der Waals surface area contributed by atoms with Gasteiger partial charge in [-0.2, -0.15) is 0 Å². The molecule has 2 aromatic rings. The van der Waals surface area contributed by atoms with E-state index in [-0.39, 0.29) is 46.9 Å². The van der Waals surface area contributed by atoms with Crippen LogP contribution in [0.3, 0.4) is 0 Å². The molecule has 2 amide bonds. The monoisotopic (exact) mass is 487 g/mol. The van der Waals surface area contributed by atoms with Crippen molar-refractivity contribution < 1.29 is 23.1 Å². The summed E-state index contributed by atoms with van der Waals surface area (Å²) < 4.78 is 24.0. The second-order valence-electron chi connectivity index (χ2n) is 10.1. The lowest BCUT2D eigenvalue weighted by molar-refractivity contribution is -0.115. The number of hydrogen-bond acceptors (Lipinski definition) is 5. The average Bonchev–Trinajstić information content (AvgIpc) is 3.12. The topological polar surface area (TPSA) is 117 Å². The number of anilines is 1. The van der Waals surface area contributed by atoms with Crippen LogP contribution in [0.1, 0.15) is 70.1 Å². The largest absolute Gasteiger partial charge is 0.465 e. The molecule has 1 aromatic carbocycles. The Labute approximate surface area is 201 Å². The number of hydrogen-bond donors (Lipinski definition) is 2. The molecular formula is C25H33N3O5S. The summed E-state index contributed by atoms with van der Waals surface area (Å²) in [6.07, 6.45) is -0.920. The molecule has 0 unspecified atom stereocenters. The van der Waals surface area contributed by atoms with E-state index >= 15 is 0 Å². The first-order chi connectivity index (χ1) is 15.7. The van der Waals surface area contributed by atoms with Crippen LogP contribution in [0.5, 0.6) is 0 Å². The fourth-order valence-corrected chi connectivity index (χ4v) is 5.16. The highest BCUT2D eigenvalue weighted by atomic mass is 32.2. The summed E-state index contributed by atoms with van der Waals surface area (Å²) in [6.45, 7) is 11.8. The first-order valence-electron chi connectivity index (χ1n) is 11.4. The fourth-order valence-electron chi connectivity index (χ4n) is 4.27. The number of carbonyl (C=O) groups is 2. The SMILES string of the molecule is CCS(=O)(=O)c1ccc(CC(=O)Nc2cc3c(nc2C(C)(C)C)[C@H](C(C)C)N(C(=O)O)C3)cc1. The minimum absolute atomic E-state index is 0.0186. The molecule has 0 radical (unpaired) electrons. The van der Waals surface area contributed by atoms with Gasteiger partial charge in [-0.15, -0.1) is 0 Å². The molecule has 0 saturated carbocycles. The van der Waals surface area contributed by atoms with Crippen LogP contribution < -0.4 is 5.32 Å². The van der Waals surface area contributed by atoms with Gasteiger partial charge in [0, 0.05) is 5.41 Å².